The molecule has 0 aliphatic rings. The third-order valence-corrected chi connectivity index (χ3v) is 0.183. The van der Waals surface area contributed by atoms with Crippen LogP contribution < -0.4 is 0 Å². The fraction of sp³-hybridized carbons (Fsp3) is 0. The summed E-state index contributed by atoms with van der Waals surface area (Å²) in [5, 5.41) is 14.8. The smallest absolute Gasteiger partial charge is 0.358 e. The Balaban J connectivity index is -0.000000114. The molecule has 0 unspecified atom stereocenters. The van der Waals surface area contributed by atoms with Crippen molar-refractivity contribution in [3.63, 3.8) is 0 Å². The Hall–Kier alpha value is -0.372. The van der Waals surface area contributed by atoms with Crippen molar-refractivity contribution in [3.05, 3.63) is 7.43 Å². The second kappa shape index (κ2) is 6.63. The van der Waals surface area contributed by atoms with Gasteiger partial charge in [-0.3, -0.25) is 0 Å². The largest absolute Gasteiger partial charge is 0.358 e. The van der Waals surface area contributed by atoms with E-state index in [1.54, 1.807) is 0 Å². The SMILES string of the molecule is O=C(O)C(=O)O.[2H][Pt]([2H])[2H].[CH3-]. The van der Waals surface area contributed by atoms with E-state index in [0.29, 0.717) is 0 Å². The molecule has 0 fully saturated rings. The molecule has 0 aliphatic carbocycles. The molecule has 0 spiro atoms. The van der Waals surface area contributed by atoms with Crippen molar-refractivity contribution in [1.82, 2.24) is 0 Å². The van der Waals surface area contributed by atoms with Gasteiger partial charge in [-0.1, -0.05) is 0 Å². The molecular weight excluding hydrogens is 295 g/mol. The van der Waals surface area contributed by atoms with Gasteiger partial charge in [0.15, 0.2) is 0 Å². The van der Waals surface area contributed by atoms with Crippen molar-refractivity contribution in [2.75, 3.05) is 0 Å². The van der Waals surface area contributed by atoms with Gasteiger partial charge in [-0.2, -0.15) is 0 Å². The summed E-state index contributed by atoms with van der Waals surface area (Å²) in [5.74, 6) is -3.65. The van der Waals surface area contributed by atoms with Gasteiger partial charge < -0.3 is 17.6 Å². The number of rotatable bonds is 0. The first-order valence-corrected chi connectivity index (χ1v) is 1.11. The Kier molecular flexibility index (Phi) is 4.77. The molecule has 8 heavy (non-hydrogen) atoms. The molecule has 0 amide bonds. The number of hydrogen-bond acceptors (Lipinski definition) is 2. The van der Waals surface area contributed by atoms with Crippen molar-refractivity contribution in [1.29, 1.82) is 2.25 Å². The van der Waals surface area contributed by atoms with E-state index in [0.717, 1.165) is 0 Å². The van der Waals surface area contributed by atoms with E-state index in [1.807, 2.05) is 0 Å². The van der Waals surface area contributed by atoms with E-state index < -0.39 is 32.5 Å². The van der Waals surface area contributed by atoms with Crippen molar-refractivity contribution in [2.24, 2.45) is 0 Å². The van der Waals surface area contributed by atoms with E-state index in [9.17, 15) is 0 Å². The fourth-order valence-electron chi connectivity index (χ4n) is 0. The maximum absolute atomic E-state index is 9.10. The summed E-state index contributed by atoms with van der Waals surface area (Å²) < 4.78 is 18.2. The Labute approximate surface area is 62.7 Å². The molecule has 0 saturated carbocycles. The first kappa shape index (κ1) is 5.76. The van der Waals surface area contributed by atoms with Crippen LogP contribution in [0.5, 0.6) is 0 Å². The Morgan fingerprint density at radius 1 is 1.38 bits per heavy atom. The van der Waals surface area contributed by atoms with E-state index in [4.69, 9.17) is 22.1 Å². The summed E-state index contributed by atoms with van der Waals surface area (Å²) in [4.78, 5) is 18.2. The van der Waals surface area contributed by atoms with Gasteiger partial charge in [0.2, 0.25) is 0 Å². The van der Waals surface area contributed by atoms with Crippen molar-refractivity contribution in [2.45, 2.75) is 0 Å². The van der Waals surface area contributed by atoms with Gasteiger partial charge in [-0.25, -0.2) is 9.59 Å². The van der Waals surface area contributed by atoms with E-state index in [-0.39, 0.29) is 7.43 Å². The average Bonchev–Trinajstić information content (AvgIpc) is 1.63. The number of hydrogen-bond donors (Lipinski definition) is 2. The molecule has 0 aromatic rings. The molecule has 0 bridgehead atoms. The zero-order valence-corrected chi connectivity index (χ0v) is 6.30. The van der Waals surface area contributed by atoms with Crippen LogP contribution in [-0.2, 0) is 30.1 Å². The average molecular weight is 306 g/mol. The first-order valence-electron chi connectivity index (χ1n) is 2.05. The second-order valence-electron chi connectivity index (χ2n) is 0.610. The summed E-state index contributed by atoms with van der Waals surface area (Å²) in [5.41, 5.74) is 0. The van der Waals surface area contributed by atoms with Gasteiger partial charge in [0.25, 0.3) is 0 Å². The molecule has 0 aromatic carbocycles. The second-order valence-corrected chi connectivity index (χ2v) is 0.610. The van der Waals surface area contributed by atoms with Crippen molar-refractivity contribution in [3.8, 4) is 0 Å². The molecule has 4 nitrogen and oxygen atoms in total. The maximum atomic E-state index is 9.10. The van der Waals surface area contributed by atoms with Crippen LogP contribution in [-0.4, -0.2) is 24.4 Å². The monoisotopic (exact) mass is 306 g/mol. The Morgan fingerprint density at radius 2 is 1.50 bits per heavy atom. The van der Waals surface area contributed by atoms with Crippen LogP contribution in [0.25, 0.3) is 0 Å². The molecule has 2 N–H and O–H groups in total. The van der Waals surface area contributed by atoms with Gasteiger partial charge in [0, 0.05) is 0 Å². The normalized spacial score (nSPS) is 11.5. The van der Waals surface area contributed by atoms with Gasteiger partial charge in [-0.05, 0) is 0 Å². The minimum atomic E-state index is -2.52. The minimum absolute atomic E-state index is 0. The molecule has 55 valence electrons. The van der Waals surface area contributed by atoms with Crippen LogP contribution in [0.15, 0.2) is 0 Å². The predicted octanol–water partition coefficient (Wildman–Crippen LogP) is -1.20. The fourth-order valence-corrected chi connectivity index (χ4v) is 0. The van der Waals surface area contributed by atoms with Crippen LogP contribution >= 0.6 is 0 Å². The van der Waals surface area contributed by atoms with Crippen LogP contribution in [0.1, 0.15) is 0 Å². The molecule has 0 aliphatic heterocycles. The summed E-state index contributed by atoms with van der Waals surface area (Å²) >= 11 is -2.52. The summed E-state index contributed by atoms with van der Waals surface area (Å²) in [7, 11) is 0. The zero-order chi connectivity index (χ0) is 8.73. The van der Waals surface area contributed by atoms with Crippen LogP contribution in [0, 0.1) is 7.43 Å². The number of aliphatic carboxylic acids is 2. The van der Waals surface area contributed by atoms with Gasteiger partial charge >= 0.3 is 34.7 Å². The number of carboxylic acids is 2. The standard InChI is InChI=1S/C2H2O4.CH3.Pt.3H/c3-1(4)2(5)6;;;;;/h(H,3,4)(H,5,6);1H3;;;;/q;-1;;;;/i;;;3*1+1. The molecular formula is C3H8O4Pt-. The third-order valence-electron chi connectivity index (χ3n) is 0.183. The molecule has 0 aromatic heterocycles. The van der Waals surface area contributed by atoms with Gasteiger partial charge in [-0.15, -0.1) is 0 Å². The molecule has 0 saturated heterocycles. The summed E-state index contributed by atoms with van der Waals surface area (Å²) in [6, 6.07) is 0. The predicted molar refractivity (Wildman–Crippen MR) is 25.9 cm³/mol. The summed E-state index contributed by atoms with van der Waals surface area (Å²) in [6.07, 6.45) is 0. The third kappa shape index (κ3) is 9.16. The maximum Gasteiger partial charge on any atom is -0.358 e. The molecule has 0 atom stereocenters. The number of carboxylic acid groups (broad SMARTS) is 2. The van der Waals surface area contributed by atoms with Crippen molar-refractivity contribution < 1.29 is 40.4 Å². The van der Waals surface area contributed by atoms with E-state index in [2.05, 4.69) is 0 Å². The van der Waals surface area contributed by atoms with Crippen LogP contribution in [0.4, 0.5) is 0 Å². The minimum Gasteiger partial charge on any atom is -0.358 e. The topological polar surface area (TPSA) is 74.6 Å². The van der Waals surface area contributed by atoms with Crippen LogP contribution in [0.3, 0.4) is 0 Å². The number of carbonyl (C=O) groups is 2. The van der Waals surface area contributed by atoms with Crippen LogP contribution in [0.2, 0.25) is 0 Å². The first-order chi connectivity index (χ1) is 4.37. The van der Waals surface area contributed by atoms with Gasteiger partial charge in [0.05, 0.1) is 0 Å². The quantitative estimate of drug-likeness (QED) is 0.435. The molecule has 5 heteroatoms. The Morgan fingerprint density at radius 3 is 1.50 bits per heavy atom. The molecule has 0 heterocycles. The zero-order valence-electron chi connectivity index (χ0n) is 7.03. The van der Waals surface area contributed by atoms with E-state index in [1.165, 1.54) is 0 Å². The molecule has 0 rings (SSSR count). The Bertz CT molecular complexity index is 113. The summed E-state index contributed by atoms with van der Waals surface area (Å²) in [6.45, 7) is 0. The molecule has 0 radical (unpaired) electrons. The van der Waals surface area contributed by atoms with Crippen molar-refractivity contribution >= 4 is 11.9 Å². The van der Waals surface area contributed by atoms with E-state index >= 15 is 0 Å². The van der Waals surface area contributed by atoms with Gasteiger partial charge in [0.1, 0.15) is 0 Å².